The molecule has 0 aromatic carbocycles. The highest BCUT2D eigenvalue weighted by Crippen LogP contribution is 2.06. The molecule has 5 nitrogen and oxygen atoms in total. The van der Waals surface area contributed by atoms with E-state index in [-0.39, 0.29) is 22.7 Å². The summed E-state index contributed by atoms with van der Waals surface area (Å²) in [5, 5.41) is 17.2. The molecule has 1 N–H and O–H groups in total. The van der Waals surface area contributed by atoms with Crippen LogP contribution in [0.4, 0.5) is 0 Å². The van der Waals surface area contributed by atoms with E-state index >= 15 is 0 Å². The van der Waals surface area contributed by atoms with E-state index < -0.39 is 5.97 Å². The van der Waals surface area contributed by atoms with Crippen LogP contribution < -0.4 is 0 Å². The van der Waals surface area contributed by atoms with Crippen molar-refractivity contribution in [2.45, 2.75) is 6.92 Å². The first-order chi connectivity index (χ1) is 6.54. The Hall–Kier alpha value is -2.22. The number of carboxylic acids is 1. The SMILES string of the molecule is CC(=O)c1cc(C#N)nc(C(=O)O)c1. The van der Waals surface area contributed by atoms with Crippen LogP contribution in [0.15, 0.2) is 12.1 Å². The molecule has 0 saturated carbocycles. The molecule has 0 aliphatic heterocycles. The predicted molar refractivity (Wildman–Crippen MR) is 45.9 cm³/mol. The van der Waals surface area contributed by atoms with Crippen LogP contribution >= 0.6 is 0 Å². The van der Waals surface area contributed by atoms with Gasteiger partial charge in [-0.15, -0.1) is 0 Å². The van der Waals surface area contributed by atoms with Crippen molar-refractivity contribution in [3.63, 3.8) is 0 Å². The van der Waals surface area contributed by atoms with Crippen molar-refractivity contribution in [1.82, 2.24) is 4.98 Å². The van der Waals surface area contributed by atoms with Gasteiger partial charge in [0.15, 0.2) is 5.78 Å². The Bertz CT molecular complexity index is 414. The maximum absolute atomic E-state index is 11.0. The number of nitrogens with zero attached hydrogens (tertiary/aromatic N) is 2. The number of hydrogen-bond donors (Lipinski definition) is 1. The highest BCUT2D eigenvalue weighted by molar-refractivity contribution is 5.96. The lowest BCUT2D eigenvalue weighted by Gasteiger charge is -1.98. The van der Waals surface area contributed by atoms with Gasteiger partial charge in [0.2, 0.25) is 0 Å². The van der Waals surface area contributed by atoms with Crippen molar-refractivity contribution in [1.29, 1.82) is 5.26 Å². The van der Waals surface area contributed by atoms with Gasteiger partial charge in [-0.25, -0.2) is 9.78 Å². The maximum Gasteiger partial charge on any atom is 0.354 e. The highest BCUT2D eigenvalue weighted by Gasteiger charge is 2.10. The summed E-state index contributed by atoms with van der Waals surface area (Å²) in [5.74, 6) is -1.56. The third-order valence-electron chi connectivity index (χ3n) is 1.57. The van der Waals surface area contributed by atoms with Gasteiger partial charge in [-0.3, -0.25) is 4.79 Å². The number of Topliss-reactive ketones (excluding diaryl/α,β-unsaturated/α-hetero) is 1. The minimum absolute atomic E-state index is 0.0740. The Morgan fingerprint density at radius 2 is 2.14 bits per heavy atom. The minimum Gasteiger partial charge on any atom is -0.477 e. The van der Waals surface area contributed by atoms with Crippen LogP contribution in [0, 0.1) is 11.3 Å². The van der Waals surface area contributed by atoms with Crippen molar-refractivity contribution >= 4 is 11.8 Å². The molecule has 14 heavy (non-hydrogen) atoms. The van der Waals surface area contributed by atoms with Crippen LogP contribution in [-0.4, -0.2) is 21.8 Å². The quantitative estimate of drug-likeness (QED) is 0.698. The molecule has 0 aliphatic rings. The van der Waals surface area contributed by atoms with Crippen molar-refractivity contribution in [3.8, 4) is 6.07 Å². The summed E-state index contributed by atoms with van der Waals surface area (Å²) in [6, 6.07) is 4.09. The van der Waals surface area contributed by atoms with E-state index in [1.807, 2.05) is 0 Å². The largest absolute Gasteiger partial charge is 0.477 e. The number of hydrogen-bond acceptors (Lipinski definition) is 4. The summed E-state index contributed by atoms with van der Waals surface area (Å²) in [6.45, 7) is 1.29. The van der Waals surface area contributed by atoms with Gasteiger partial charge >= 0.3 is 5.97 Å². The molecule has 1 rings (SSSR count). The summed E-state index contributed by atoms with van der Waals surface area (Å²) in [5.41, 5.74) is -0.196. The Kier molecular flexibility index (Phi) is 2.58. The first-order valence-corrected chi connectivity index (χ1v) is 3.71. The molecule has 0 atom stereocenters. The van der Waals surface area contributed by atoms with E-state index in [0.29, 0.717) is 0 Å². The molecular weight excluding hydrogens is 184 g/mol. The minimum atomic E-state index is -1.26. The summed E-state index contributed by atoms with van der Waals surface area (Å²) in [7, 11) is 0. The van der Waals surface area contributed by atoms with Crippen LogP contribution in [-0.2, 0) is 0 Å². The molecule has 0 amide bonds. The predicted octanol–water partition coefficient (Wildman–Crippen LogP) is 0.854. The van der Waals surface area contributed by atoms with E-state index in [1.165, 1.54) is 13.0 Å². The van der Waals surface area contributed by atoms with Crippen LogP contribution in [0.5, 0.6) is 0 Å². The monoisotopic (exact) mass is 190 g/mol. The van der Waals surface area contributed by atoms with Gasteiger partial charge in [0.25, 0.3) is 0 Å². The Morgan fingerprint density at radius 3 is 2.57 bits per heavy atom. The summed E-state index contributed by atoms with van der Waals surface area (Å²) < 4.78 is 0. The van der Waals surface area contributed by atoms with E-state index in [2.05, 4.69) is 4.98 Å². The zero-order chi connectivity index (χ0) is 10.7. The number of pyridine rings is 1. The number of aromatic carboxylic acids is 1. The van der Waals surface area contributed by atoms with Gasteiger partial charge in [-0.05, 0) is 19.1 Å². The molecule has 0 fully saturated rings. The molecule has 0 unspecified atom stereocenters. The van der Waals surface area contributed by atoms with Gasteiger partial charge in [0.1, 0.15) is 17.5 Å². The molecule has 0 aliphatic carbocycles. The van der Waals surface area contributed by atoms with E-state index in [4.69, 9.17) is 10.4 Å². The molecule has 0 bridgehead atoms. The van der Waals surface area contributed by atoms with Gasteiger partial charge in [-0.2, -0.15) is 5.26 Å². The second-order valence-corrected chi connectivity index (χ2v) is 2.60. The molecule has 1 aromatic rings. The Labute approximate surface area is 79.6 Å². The van der Waals surface area contributed by atoms with Gasteiger partial charge in [0.05, 0.1) is 0 Å². The standard InChI is InChI=1S/C9H6N2O3/c1-5(12)6-2-7(4-10)11-8(3-6)9(13)14/h2-3H,1H3,(H,13,14). The van der Waals surface area contributed by atoms with Gasteiger partial charge < -0.3 is 5.11 Å². The van der Waals surface area contributed by atoms with Crippen LogP contribution in [0.2, 0.25) is 0 Å². The van der Waals surface area contributed by atoms with Gasteiger partial charge in [-0.1, -0.05) is 0 Å². The average Bonchev–Trinajstić information content (AvgIpc) is 2.16. The van der Waals surface area contributed by atoms with Crippen LogP contribution in [0.25, 0.3) is 0 Å². The first-order valence-electron chi connectivity index (χ1n) is 3.71. The van der Waals surface area contributed by atoms with Gasteiger partial charge in [0, 0.05) is 5.56 Å². The van der Waals surface area contributed by atoms with Crippen LogP contribution in [0.3, 0.4) is 0 Å². The van der Waals surface area contributed by atoms with Crippen molar-refractivity contribution < 1.29 is 14.7 Å². The number of nitriles is 1. The third-order valence-corrected chi connectivity index (χ3v) is 1.57. The fourth-order valence-corrected chi connectivity index (χ4v) is 0.901. The number of aromatic nitrogens is 1. The normalized spacial score (nSPS) is 9.14. The second-order valence-electron chi connectivity index (χ2n) is 2.60. The number of carboxylic acid groups (broad SMARTS) is 1. The number of carbonyl (C=O) groups is 2. The second kappa shape index (κ2) is 3.66. The summed E-state index contributed by atoms with van der Waals surface area (Å²) >= 11 is 0. The lowest BCUT2D eigenvalue weighted by atomic mass is 10.1. The lowest BCUT2D eigenvalue weighted by molar-refractivity contribution is 0.0690. The molecule has 0 radical (unpaired) electrons. The van der Waals surface area contributed by atoms with Crippen LogP contribution in [0.1, 0.15) is 33.5 Å². The number of carbonyl (C=O) groups excluding carboxylic acids is 1. The summed E-state index contributed by atoms with van der Waals surface area (Å²) in [6.07, 6.45) is 0. The lowest BCUT2D eigenvalue weighted by Crippen LogP contribution is -2.05. The van der Waals surface area contributed by atoms with E-state index in [9.17, 15) is 9.59 Å². The molecular formula is C9H6N2O3. The molecule has 5 heteroatoms. The fourth-order valence-electron chi connectivity index (χ4n) is 0.901. The summed E-state index contributed by atoms with van der Waals surface area (Å²) in [4.78, 5) is 25.0. The van der Waals surface area contributed by atoms with Crippen molar-refractivity contribution in [2.24, 2.45) is 0 Å². The molecule has 1 heterocycles. The molecule has 1 aromatic heterocycles. The molecule has 70 valence electrons. The number of rotatable bonds is 2. The molecule has 0 saturated heterocycles. The Morgan fingerprint density at radius 1 is 1.50 bits per heavy atom. The third kappa shape index (κ3) is 1.93. The smallest absolute Gasteiger partial charge is 0.354 e. The zero-order valence-electron chi connectivity index (χ0n) is 7.31. The van der Waals surface area contributed by atoms with E-state index in [0.717, 1.165) is 6.07 Å². The zero-order valence-corrected chi connectivity index (χ0v) is 7.31. The highest BCUT2D eigenvalue weighted by atomic mass is 16.4. The molecule has 0 spiro atoms. The fraction of sp³-hybridized carbons (Fsp3) is 0.111. The van der Waals surface area contributed by atoms with E-state index in [1.54, 1.807) is 6.07 Å². The number of ketones is 1. The van der Waals surface area contributed by atoms with Crippen molar-refractivity contribution in [3.05, 3.63) is 29.1 Å². The first kappa shape index (κ1) is 9.86. The Balaban J connectivity index is 3.36. The topological polar surface area (TPSA) is 91.0 Å². The van der Waals surface area contributed by atoms with Crippen molar-refractivity contribution in [2.75, 3.05) is 0 Å². The maximum atomic E-state index is 11.0. The average molecular weight is 190 g/mol.